The van der Waals surface area contributed by atoms with Gasteiger partial charge in [-0.2, -0.15) is 0 Å². The van der Waals surface area contributed by atoms with Crippen LogP contribution < -0.4 is 0 Å². The van der Waals surface area contributed by atoms with Crippen molar-refractivity contribution in [1.82, 2.24) is 0 Å². The number of esters is 2. The highest BCUT2D eigenvalue weighted by Gasteiger charge is 2.31. The first-order chi connectivity index (χ1) is 17.4. The number of carbonyl (C=O) groups is 2. The van der Waals surface area contributed by atoms with Crippen LogP contribution in [0.4, 0.5) is 0 Å². The molecule has 0 N–H and O–H groups in total. The average molecular weight is 555 g/mol. The molecule has 0 fully saturated rings. The van der Waals surface area contributed by atoms with E-state index in [2.05, 4.69) is 75.5 Å². The molecule has 0 aliphatic carbocycles. The fraction of sp³-hybridized carbons (Fsp3) is 0.214. The highest BCUT2D eigenvalue weighted by Crippen LogP contribution is 2.59. The Bertz CT molecular complexity index is 1170. The Hall–Kier alpha value is -2.26. The third-order valence-corrected chi connectivity index (χ3v) is 11.5. The normalized spacial score (nSPS) is 19.4. The Labute approximate surface area is 229 Å². The molecule has 186 valence electrons. The van der Waals surface area contributed by atoms with E-state index in [0.29, 0.717) is 0 Å². The van der Waals surface area contributed by atoms with E-state index in [1.807, 2.05) is 0 Å². The second kappa shape index (κ2) is 12.3. The van der Waals surface area contributed by atoms with Crippen LogP contribution in [0.15, 0.2) is 93.5 Å². The number of hydrogen-bond donors (Lipinski definition) is 0. The zero-order valence-corrected chi connectivity index (χ0v) is 23.3. The van der Waals surface area contributed by atoms with Crippen LogP contribution in [0, 0.1) is 0 Å². The average Bonchev–Trinajstić information content (AvgIpc) is 3.47. The van der Waals surface area contributed by atoms with Gasteiger partial charge in [0.25, 0.3) is 0 Å². The first kappa shape index (κ1) is 26.8. The van der Waals surface area contributed by atoms with Gasteiger partial charge in [-0.25, -0.2) is 9.59 Å². The summed E-state index contributed by atoms with van der Waals surface area (Å²) < 4.78 is 10.9. The van der Waals surface area contributed by atoms with E-state index in [1.165, 1.54) is 44.2 Å². The van der Waals surface area contributed by atoms with Crippen LogP contribution in [0.1, 0.15) is 34.1 Å². The zero-order chi connectivity index (χ0) is 25.7. The van der Waals surface area contributed by atoms with E-state index in [-0.39, 0.29) is 22.4 Å². The smallest absolute Gasteiger partial charge is 0.330 e. The van der Waals surface area contributed by atoms with Gasteiger partial charge in [0.2, 0.25) is 0 Å². The van der Waals surface area contributed by atoms with Gasteiger partial charge in [-0.05, 0) is 45.9 Å². The number of thioether (sulfide) groups is 4. The molecular formula is C28H26O4S4. The first-order valence-corrected chi connectivity index (χ1v) is 14.8. The van der Waals surface area contributed by atoms with Crippen molar-refractivity contribution in [3.63, 3.8) is 0 Å². The lowest BCUT2D eigenvalue weighted by Gasteiger charge is -2.20. The Kier molecular flexibility index (Phi) is 9.17. The van der Waals surface area contributed by atoms with Crippen molar-refractivity contribution in [2.75, 3.05) is 13.2 Å². The SMILES string of the molecule is C=CC(=O)OCC1=C(C)SC(c2ccccc2-c2ccccc2C2SC(C)=C(COC(=O)C=C)S2)S1. The highest BCUT2D eigenvalue weighted by molar-refractivity contribution is 8.23. The third-order valence-electron chi connectivity index (χ3n) is 5.60. The molecule has 0 bridgehead atoms. The highest BCUT2D eigenvalue weighted by atomic mass is 32.2. The number of hydrogen-bond acceptors (Lipinski definition) is 8. The van der Waals surface area contributed by atoms with E-state index >= 15 is 0 Å². The van der Waals surface area contributed by atoms with Gasteiger partial charge in [0.15, 0.2) is 0 Å². The van der Waals surface area contributed by atoms with E-state index in [0.717, 1.165) is 9.81 Å². The molecular weight excluding hydrogens is 529 g/mol. The Balaban J connectivity index is 1.56. The molecule has 2 heterocycles. The lowest BCUT2D eigenvalue weighted by atomic mass is 9.96. The minimum Gasteiger partial charge on any atom is -0.457 e. The third kappa shape index (κ3) is 6.17. The molecule has 0 saturated heterocycles. The molecule has 4 rings (SSSR count). The number of carbonyl (C=O) groups excluding carboxylic acids is 2. The Morgan fingerprint density at radius 3 is 1.50 bits per heavy atom. The molecule has 2 aromatic rings. The van der Waals surface area contributed by atoms with Crippen molar-refractivity contribution in [1.29, 1.82) is 0 Å². The molecule has 2 atom stereocenters. The number of allylic oxidation sites excluding steroid dienone is 2. The minimum absolute atomic E-state index is 0.171. The van der Waals surface area contributed by atoms with Crippen LogP contribution in [0.25, 0.3) is 11.1 Å². The maximum absolute atomic E-state index is 11.5. The van der Waals surface area contributed by atoms with E-state index in [1.54, 1.807) is 47.0 Å². The topological polar surface area (TPSA) is 52.6 Å². The molecule has 2 unspecified atom stereocenters. The van der Waals surface area contributed by atoms with Gasteiger partial charge >= 0.3 is 11.9 Å². The molecule has 0 amide bonds. The van der Waals surface area contributed by atoms with Crippen LogP contribution in [-0.4, -0.2) is 25.2 Å². The summed E-state index contributed by atoms with van der Waals surface area (Å²) in [4.78, 5) is 27.6. The Morgan fingerprint density at radius 2 is 1.11 bits per heavy atom. The molecule has 36 heavy (non-hydrogen) atoms. The predicted molar refractivity (Wildman–Crippen MR) is 155 cm³/mol. The predicted octanol–water partition coefficient (Wildman–Crippen LogP) is 8.23. The van der Waals surface area contributed by atoms with Gasteiger partial charge in [-0.3, -0.25) is 0 Å². The van der Waals surface area contributed by atoms with Crippen molar-refractivity contribution >= 4 is 59.0 Å². The largest absolute Gasteiger partial charge is 0.457 e. The summed E-state index contributed by atoms with van der Waals surface area (Å²) >= 11 is 7.07. The van der Waals surface area contributed by atoms with Gasteiger partial charge in [-0.15, -0.1) is 47.0 Å². The van der Waals surface area contributed by atoms with Crippen molar-refractivity contribution in [3.8, 4) is 11.1 Å². The summed E-state index contributed by atoms with van der Waals surface area (Å²) in [5.74, 6) is -0.819. The fourth-order valence-electron chi connectivity index (χ4n) is 3.74. The minimum atomic E-state index is -0.409. The van der Waals surface area contributed by atoms with Crippen molar-refractivity contribution in [2.45, 2.75) is 23.0 Å². The molecule has 8 heteroatoms. The molecule has 0 spiro atoms. The fourth-order valence-corrected chi connectivity index (χ4v) is 9.72. The van der Waals surface area contributed by atoms with Gasteiger partial charge in [0, 0.05) is 22.0 Å². The van der Waals surface area contributed by atoms with Crippen LogP contribution in [0.3, 0.4) is 0 Å². The zero-order valence-electron chi connectivity index (χ0n) is 20.0. The molecule has 2 aliphatic rings. The van der Waals surface area contributed by atoms with Crippen LogP contribution in [0.2, 0.25) is 0 Å². The number of rotatable bonds is 9. The summed E-state index contributed by atoms with van der Waals surface area (Å²) in [5.41, 5.74) is 4.87. The maximum atomic E-state index is 11.5. The quantitative estimate of drug-likeness (QED) is 0.227. The van der Waals surface area contributed by atoms with E-state index in [9.17, 15) is 9.59 Å². The van der Waals surface area contributed by atoms with Gasteiger partial charge < -0.3 is 9.47 Å². The van der Waals surface area contributed by atoms with Crippen LogP contribution in [0.5, 0.6) is 0 Å². The standard InChI is InChI=1S/C28H26O4S4/c1-5-25(29)31-15-23-17(3)33-27(35-23)21-13-9-7-11-19(21)20-12-8-10-14-22(20)28-34-18(4)24(36-28)16-32-26(30)6-2/h5-14,27-28H,1-2,15-16H2,3-4H3. The number of ether oxygens (including phenoxy) is 2. The van der Waals surface area contributed by atoms with Crippen LogP contribution >= 0.6 is 47.0 Å². The van der Waals surface area contributed by atoms with Gasteiger partial charge in [0.1, 0.15) is 13.2 Å². The van der Waals surface area contributed by atoms with Gasteiger partial charge in [-0.1, -0.05) is 61.7 Å². The summed E-state index contributed by atoms with van der Waals surface area (Å²) in [7, 11) is 0. The van der Waals surface area contributed by atoms with Crippen molar-refractivity contribution in [2.24, 2.45) is 0 Å². The van der Waals surface area contributed by atoms with E-state index in [4.69, 9.17) is 9.47 Å². The molecule has 2 aromatic carbocycles. The lowest BCUT2D eigenvalue weighted by Crippen LogP contribution is -2.03. The van der Waals surface area contributed by atoms with E-state index < -0.39 is 11.9 Å². The molecule has 0 saturated carbocycles. The number of benzene rings is 2. The second-order valence-corrected chi connectivity index (χ2v) is 13.5. The monoisotopic (exact) mass is 554 g/mol. The summed E-state index contributed by atoms with van der Waals surface area (Å²) in [6.45, 7) is 11.6. The van der Waals surface area contributed by atoms with Gasteiger partial charge in [0.05, 0.1) is 9.16 Å². The summed E-state index contributed by atoms with van der Waals surface area (Å²) in [6, 6.07) is 17.0. The first-order valence-electron chi connectivity index (χ1n) is 11.2. The summed E-state index contributed by atoms with van der Waals surface area (Å²) in [6.07, 6.45) is 2.38. The molecule has 0 radical (unpaired) electrons. The lowest BCUT2D eigenvalue weighted by molar-refractivity contribution is -0.137. The second-order valence-electron chi connectivity index (χ2n) is 7.89. The van der Waals surface area contributed by atoms with Crippen molar-refractivity contribution in [3.05, 3.63) is 105 Å². The summed E-state index contributed by atoms with van der Waals surface area (Å²) in [5, 5.41) is 0. The Morgan fingerprint density at radius 1 is 0.722 bits per heavy atom. The molecule has 2 aliphatic heterocycles. The molecule has 4 nitrogen and oxygen atoms in total. The maximum Gasteiger partial charge on any atom is 0.330 e. The molecule has 0 aromatic heterocycles. The van der Waals surface area contributed by atoms with Crippen LogP contribution in [-0.2, 0) is 19.1 Å². The van der Waals surface area contributed by atoms with Crippen molar-refractivity contribution < 1.29 is 19.1 Å².